The lowest BCUT2D eigenvalue weighted by molar-refractivity contribution is 0.173. The van der Waals surface area contributed by atoms with Crippen molar-refractivity contribution in [3.8, 4) is 0 Å². The van der Waals surface area contributed by atoms with Crippen LogP contribution in [0.5, 0.6) is 0 Å². The minimum atomic E-state index is -0.548. The highest BCUT2D eigenvalue weighted by atomic mass is 35.5. The SMILES string of the molecule is CC(C)CNC[C@@H](O)c1ccc(Cl)c(Cl)c1. The highest BCUT2D eigenvalue weighted by molar-refractivity contribution is 6.42. The van der Waals surface area contributed by atoms with Crippen molar-refractivity contribution in [1.29, 1.82) is 0 Å². The third kappa shape index (κ3) is 4.30. The van der Waals surface area contributed by atoms with E-state index in [9.17, 15) is 5.11 Å². The maximum atomic E-state index is 9.88. The molecular weight excluding hydrogens is 245 g/mol. The Hall–Kier alpha value is -0.280. The fourth-order valence-electron chi connectivity index (χ4n) is 1.35. The molecule has 0 unspecified atom stereocenters. The second-order valence-corrected chi connectivity index (χ2v) is 5.06. The van der Waals surface area contributed by atoms with E-state index < -0.39 is 6.10 Å². The first kappa shape index (κ1) is 13.8. The Kier molecular flexibility index (Phi) is 5.56. The van der Waals surface area contributed by atoms with Crippen LogP contribution < -0.4 is 5.32 Å². The zero-order chi connectivity index (χ0) is 12.1. The molecule has 0 fully saturated rings. The van der Waals surface area contributed by atoms with Crippen LogP contribution in [0.4, 0.5) is 0 Å². The van der Waals surface area contributed by atoms with Gasteiger partial charge in [0.15, 0.2) is 0 Å². The molecule has 0 aliphatic rings. The fraction of sp³-hybridized carbons (Fsp3) is 0.500. The van der Waals surface area contributed by atoms with Crippen LogP contribution in [0.1, 0.15) is 25.5 Å². The first-order valence-electron chi connectivity index (χ1n) is 5.34. The number of benzene rings is 1. The molecule has 0 bridgehead atoms. The molecule has 2 N–H and O–H groups in total. The monoisotopic (exact) mass is 261 g/mol. The Balaban J connectivity index is 2.52. The Morgan fingerprint density at radius 1 is 1.19 bits per heavy atom. The van der Waals surface area contributed by atoms with E-state index in [2.05, 4.69) is 19.2 Å². The van der Waals surface area contributed by atoms with E-state index in [4.69, 9.17) is 23.2 Å². The van der Waals surface area contributed by atoms with Crippen LogP contribution in [0.15, 0.2) is 18.2 Å². The quantitative estimate of drug-likeness (QED) is 0.853. The van der Waals surface area contributed by atoms with E-state index in [1.165, 1.54) is 0 Å². The van der Waals surface area contributed by atoms with Gasteiger partial charge in [-0.15, -0.1) is 0 Å². The number of nitrogens with one attached hydrogen (secondary N) is 1. The lowest BCUT2D eigenvalue weighted by atomic mass is 10.1. The summed E-state index contributed by atoms with van der Waals surface area (Å²) < 4.78 is 0. The van der Waals surface area contributed by atoms with Crippen molar-refractivity contribution in [3.63, 3.8) is 0 Å². The van der Waals surface area contributed by atoms with Crippen molar-refractivity contribution >= 4 is 23.2 Å². The lowest BCUT2D eigenvalue weighted by Gasteiger charge is -2.14. The third-order valence-corrected chi connectivity index (χ3v) is 2.96. The van der Waals surface area contributed by atoms with Crippen LogP contribution in [0.25, 0.3) is 0 Å². The topological polar surface area (TPSA) is 32.3 Å². The summed E-state index contributed by atoms with van der Waals surface area (Å²) in [5, 5.41) is 14.1. The molecule has 0 aromatic heterocycles. The molecule has 2 nitrogen and oxygen atoms in total. The van der Waals surface area contributed by atoms with Gasteiger partial charge in [-0.3, -0.25) is 0 Å². The highest BCUT2D eigenvalue weighted by Gasteiger charge is 2.09. The molecule has 0 heterocycles. The zero-order valence-corrected chi connectivity index (χ0v) is 11.0. The largest absolute Gasteiger partial charge is 0.387 e. The van der Waals surface area contributed by atoms with E-state index in [0.29, 0.717) is 22.5 Å². The van der Waals surface area contributed by atoms with Crippen molar-refractivity contribution in [3.05, 3.63) is 33.8 Å². The molecule has 0 saturated carbocycles. The first-order chi connectivity index (χ1) is 7.50. The van der Waals surface area contributed by atoms with E-state index in [1.54, 1.807) is 18.2 Å². The minimum absolute atomic E-state index is 0.474. The molecule has 1 rings (SSSR count). The van der Waals surface area contributed by atoms with Gasteiger partial charge >= 0.3 is 0 Å². The zero-order valence-electron chi connectivity index (χ0n) is 9.50. The van der Waals surface area contributed by atoms with E-state index in [-0.39, 0.29) is 0 Å². The molecular formula is C12H17Cl2NO. The molecule has 0 spiro atoms. The van der Waals surface area contributed by atoms with E-state index >= 15 is 0 Å². The Bertz CT molecular complexity index is 342. The van der Waals surface area contributed by atoms with Crippen LogP contribution in [-0.4, -0.2) is 18.2 Å². The molecule has 4 heteroatoms. The number of rotatable bonds is 5. The molecule has 16 heavy (non-hydrogen) atoms. The molecule has 0 amide bonds. The lowest BCUT2D eigenvalue weighted by Crippen LogP contribution is -2.25. The summed E-state index contributed by atoms with van der Waals surface area (Å²) in [6.07, 6.45) is -0.548. The van der Waals surface area contributed by atoms with Crippen molar-refractivity contribution in [2.75, 3.05) is 13.1 Å². The van der Waals surface area contributed by atoms with Crippen molar-refractivity contribution < 1.29 is 5.11 Å². The highest BCUT2D eigenvalue weighted by Crippen LogP contribution is 2.25. The summed E-state index contributed by atoms with van der Waals surface area (Å²) in [5.74, 6) is 0.570. The molecule has 0 saturated heterocycles. The van der Waals surface area contributed by atoms with Gasteiger partial charge in [0, 0.05) is 6.54 Å². The number of aliphatic hydroxyl groups excluding tert-OH is 1. The Morgan fingerprint density at radius 2 is 1.88 bits per heavy atom. The van der Waals surface area contributed by atoms with Gasteiger partial charge in [0.1, 0.15) is 0 Å². The molecule has 1 aromatic carbocycles. The molecule has 0 aliphatic carbocycles. The van der Waals surface area contributed by atoms with Gasteiger partial charge in [-0.05, 0) is 30.2 Å². The summed E-state index contributed by atoms with van der Waals surface area (Å²) in [6.45, 7) is 5.66. The van der Waals surface area contributed by atoms with Gasteiger partial charge in [0.2, 0.25) is 0 Å². The molecule has 1 atom stereocenters. The smallest absolute Gasteiger partial charge is 0.0914 e. The van der Waals surface area contributed by atoms with Gasteiger partial charge in [0.25, 0.3) is 0 Å². The average Bonchev–Trinajstić information content (AvgIpc) is 2.21. The van der Waals surface area contributed by atoms with Crippen LogP contribution >= 0.6 is 23.2 Å². The van der Waals surface area contributed by atoms with Crippen LogP contribution in [0.3, 0.4) is 0 Å². The second-order valence-electron chi connectivity index (χ2n) is 4.24. The minimum Gasteiger partial charge on any atom is -0.387 e. The predicted molar refractivity (Wildman–Crippen MR) is 69.1 cm³/mol. The number of hydrogen-bond acceptors (Lipinski definition) is 2. The number of hydrogen-bond donors (Lipinski definition) is 2. The van der Waals surface area contributed by atoms with Crippen molar-refractivity contribution in [2.45, 2.75) is 20.0 Å². The van der Waals surface area contributed by atoms with Crippen LogP contribution in [-0.2, 0) is 0 Å². The standard InChI is InChI=1S/C12H17Cl2NO/c1-8(2)6-15-7-12(16)9-3-4-10(13)11(14)5-9/h3-5,8,12,15-16H,6-7H2,1-2H3/t12-/m1/s1. The third-order valence-electron chi connectivity index (χ3n) is 2.22. The number of aliphatic hydroxyl groups is 1. The summed E-state index contributed by atoms with van der Waals surface area (Å²) in [6, 6.07) is 5.19. The number of halogens is 2. The van der Waals surface area contributed by atoms with Gasteiger partial charge < -0.3 is 10.4 Å². The van der Waals surface area contributed by atoms with Gasteiger partial charge in [-0.1, -0.05) is 43.1 Å². The maximum Gasteiger partial charge on any atom is 0.0914 e. The first-order valence-corrected chi connectivity index (χ1v) is 6.10. The molecule has 90 valence electrons. The molecule has 0 radical (unpaired) electrons. The predicted octanol–water partition coefficient (Wildman–Crippen LogP) is 3.27. The fourth-order valence-corrected chi connectivity index (χ4v) is 1.65. The molecule has 1 aromatic rings. The van der Waals surface area contributed by atoms with E-state index in [1.807, 2.05) is 0 Å². The summed E-state index contributed by atoms with van der Waals surface area (Å²) in [5.41, 5.74) is 0.783. The van der Waals surface area contributed by atoms with Crippen LogP contribution in [0.2, 0.25) is 10.0 Å². The van der Waals surface area contributed by atoms with Gasteiger partial charge in [-0.25, -0.2) is 0 Å². The summed E-state index contributed by atoms with van der Waals surface area (Å²) >= 11 is 11.7. The summed E-state index contributed by atoms with van der Waals surface area (Å²) in [7, 11) is 0. The Morgan fingerprint density at radius 3 is 2.44 bits per heavy atom. The van der Waals surface area contributed by atoms with Crippen LogP contribution in [0, 0.1) is 5.92 Å². The normalized spacial score (nSPS) is 13.1. The summed E-state index contributed by atoms with van der Waals surface area (Å²) in [4.78, 5) is 0. The van der Waals surface area contributed by atoms with Crippen molar-refractivity contribution in [1.82, 2.24) is 5.32 Å². The van der Waals surface area contributed by atoms with E-state index in [0.717, 1.165) is 12.1 Å². The van der Waals surface area contributed by atoms with Crippen molar-refractivity contribution in [2.24, 2.45) is 5.92 Å². The second kappa shape index (κ2) is 6.45. The van der Waals surface area contributed by atoms with Gasteiger partial charge in [-0.2, -0.15) is 0 Å². The maximum absolute atomic E-state index is 9.88. The van der Waals surface area contributed by atoms with Gasteiger partial charge in [0.05, 0.1) is 16.1 Å². The average molecular weight is 262 g/mol. The molecule has 0 aliphatic heterocycles. The Labute approximate surface area is 107 Å².